The third-order valence-electron chi connectivity index (χ3n) is 3.84. The molecule has 2 aromatic heterocycles. The molecule has 26 heavy (non-hydrogen) atoms. The number of aromatic nitrogens is 3. The maximum Gasteiger partial charge on any atom is 0.261 e. The normalized spacial score (nSPS) is 10.8. The molecule has 0 bridgehead atoms. The molecule has 0 saturated carbocycles. The first-order valence-corrected chi connectivity index (χ1v) is 8.89. The van der Waals surface area contributed by atoms with Crippen molar-refractivity contribution in [1.82, 2.24) is 15.2 Å². The van der Waals surface area contributed by atoms with Crippen molar-refractivity contribution in [1.29, 1.82) is 0 Å². The fourth-order valence-corrected chi connectivity index (χ4v) is 3.61. The number of thiazole rings is 1. The molecule has 0 radical (unpaired) electrons. The first-order chi connectivity index (χ1) is 12.7. The number of nitrogens with one attached hydrogen (secondary N) is 2. The molecule has 0 atom stereocenters. The number of rotatable bonds is 4. The topological polar surface area (TPSA) is 79.9 Å². The van der Waals surface area contributed by atoms with Gasteiger partial charge >= 0.3 is 0 Å². The molecule has 0 spiro atoms. The van der Waals surface area contributed by atoms with Crippen molar-refractivity contribution in [3.8, 4) is 17.0 Å². The largest absolute Gasteiger partial charge is 0.494 e. The average Bonchev–Trinajstić information content (AvgIpc) is 3.28. The number of anilines is 1. The summed E-state index contributed by atoms with van der Waals surface area (Å²) in [5.74, 6) is 0.381. The highest BCUT2D eigenvalue weighted by Gasteiger charge is 2.17. The van der Waals surface area contributed by atoms with E-state index in [9.17, 15) is 4.79 Å². The predicted octanol–water partition coefficient (Wildman–Crippen LogP) is 4.60. The average molecular weight is 385 g/mol. The van der Waals surface area contributed by atoms with Crippen LogP contribution in [0.15, 0.2) is 48.7 Å². The van der Waals surface area contributed by atoms with Crippen LogP contribution in [0.3, 0.4) is 0 Å². The van der Waals surface area contributed by atoms with E-state index in [2.05, 4.69) is 20.5 Å². The Morgan fingerprint density at radius 2 is 2.04 bits per heavy atom. The summed E-state index contributed by atoms with van der Waals surface area (Å²) in [4.78, 5) is 17.2. The zero-order valence-corrected chi connectivity index (χ0v) is 15.2. The quantitative estimate of drug-likeness (QED) is 0.538. The smallest absolute Gasteiger partial charge is 0.261 e. The van der Waals surface area contributed by atoms with Crippen LogP contribution in [0, 0.1) is 0 Å². The Labute approximate surface area is 157 Å². The maximum atomic E-state index is 12.7. The van der Waals surface area contributed by atoms with Gasteiger partial charge in [0.05, 0.1) is 29.3 Å². The van der Waals surface area contributed by atoms with Gasteiger partial charge < -0.3 is 4.74 Å². The van der Waals surface area contributed by atoms with Gasteiger partial charge in [0.1, 0.15) is 11.3 Å². The molecule has 2 aromatic carbocycles. The third kappa shape index (κ3) is 3.02. The summed E-state index contributed by atoms with van der Waals surface area (Å²) in [5.41, 5.74) is 2.60. The number of halogens is 1. The summed E-state index contributed by atoms with van der Waals surface area (Å²) in [5, 5.41) is 10.8. The SMILES string of the molecule is COc1cccc2sc(NC(=O)c3cn[nH]c3-c3ccc(Cl)cc3)nc12. The number of para-hydroxylation sites is 1. The molecule has 0 aliphatic carbocycles. The fourth-order valence-electron chi connectivity index (χ4n) is 2.60. The second kappa shape index (κ2) is 6.78. The number of nitrogens with zero attached hydrogens (tertiary/aromatic N) is 2. The molecule has 0 fully saturated rings. The number of benzene rings is 2. The van der Waals surface area contributed by atoms with Gasteiger partial charge in [-0.1, -0.05) is 41.1 Å². The molecule has 0 unspecified atom stereocenters. The number of amides is 1. The lowest BCUT2D eigenvalue weighted by Gasteiger charge is -2.03. The van der Waals surface area contributed by atoms with E-state index in [1.54, 1.807) is 19.2 Å². The monoisotopic (exact) mass is 384 g/mol. The van der Waals surface area contributed by atoms with E-state index in [-0.39, 0.29) is 5.91 Å². The lowest BCUT2D eigenvalue weighted by atomic mass is 10.1. The van der Waals surface area contributed by atoms with Crippen molar-refractivity contribution in [2.45, 2.75) is 0 Å². The Morgan fingerprint density at radius 3 is 2.81 bits per heavy atom. The van der Waals surface area contributed by atoms with E-state index in [0.29, 0.717) is 27.2 Å². The molecule has 4 aromatic rings. The van der Waals surface area contributed by atoms with Crippen LogP contribution in [0.4, 0.5) is 5.13 Å². The Hall–Kier alpha value is -2.90. The molecular weight excluding hydrogens is 372 g/mol. The first-order valence-electron chi connectivity index (χ1n) is 7.70. The number of carbonyl (C=O) groups excluding carboxylic acids is 1. The van der Waals surface area contributed by atoms with Crippen molar-refractivity contribution in [3.05, 3.63) is 59.2 Å². The second-order valence-electron chi connectivity index (χ2n) is 5.45. The van der Waals surface area contributed by atoms with Crippen LogP contribution in [0.5, 0.6) is 5.75 Å². The number of hydrogen-bond acceptors (Lipinski definition) is 5. The third-order valence-corrected chi connectivity index (χ3v) is 5.03. The van der Waals surface area contributed by atoms with Crippen LogP contribution in [0.1, 0.15) is 10.4 Å². The summed E-state index contributed by atoms with van der Waals surface area (Å²) in [6.07, 6.45) is 1.49. The number of methoxy groups -OCH3 is 1. The van der Waals surface area contributed by atoms with E-state index < -0.39 is 0 Å². The highest BCUT2D eigenvalue weighted by atomic mass is 35.5. The van der Waals surface area contributed by atoms with Crippen molar-refractivity contribution in [3.63, 3.8) is 0 Å². The molecule has 8 heteroatoms. The molecule has 0 aliphatic heterocycles. The van der Waals surface area contributed by atoms with Crippen LogP contribution < -0.4 is 10.1 Å². The molecule has 1 amide bonds. The van der Waals surface area contributed by atoms with Gasteiger partial charge in [-0.3, -0.25) is 15.2 Å². The number of fused-ring (bicyclic) bond motifs is 1. The predicted molar refractivity (Wildman–Crippen MR) is 103 cm³/mol. The van der Waals surface area contributed by atoms with Crippen LogP contribution >= 0.6 is 22.9 Å². The van der Waals surface area contributed by atoms with Crippen LogP contribution in [-0.4, -0.2) is 28.2 Å². The Bertz CT molecular complexity index is 1090. The Kier molecular flexibility index (Phi) is 4.32. The van der Waals surface area contributed by atoms with E-state index >= 15 is 0 Å². The lowest BCUT2D eigenvalue weighted by molar-refractivity contribution is 0.102. The number of hydrogen-bond donors (Lipinski definition) is 2. The molecule has 6 nitrogen and oxygen atoms in total. The molecule has 4 rings (SSSR count). The standard InChI is InChI=1S/C18H13ClN4O2S/c1-25-13-3-2-4-14-16(13)21-18(26-14)22-17(24)12-9-20-23-15(12)10-5-7-11(19)8-6-10/h2-9H,1H3,(H,20,23)(H,21,22,24). The van der Waals surface area contributed by atoms with Crippen molar-refractivity contribution in [2.75, 3.05) is 12.4 Å². The molecule has 2 N–H and O–H groups in total. The van der Waals surface area contributed by atoms with Gasteiger partial charge in [0, 0.05) is 10.6 Å². The molecule has 0 aliphatic rings. The van der Waals surface area contributed by atoms with Gasteiger partial charge in [0.25, 0.3) is 5.91 Å². The summed E-state index contributed by atoms with van der Waals surface area (Å²) >= 11 is 7.31. The summed E-state index contributed by atoms with van der Waals surface area (Å²) in [7, 11) is 1.59. The lowest BCUT2D eigenvalue weighted by Crippen LogP contribution is -2.12. The van der Waals surface area contributed by atoms with E-state index in [1.807, 2.05) is 30.3 Å². The summed E-state index contributed by atoms with van der Waals surface area (Å²) in [6.45, 7) is 0. The number of H-pyrrole nitrogens is 1. The highest BCUT2D eigenvalue weighted by molar-refractivity contribution is 7.22. The number of aromatic amines is 1. The fraction of sp³-hybridized carbons (Fsp3) is 0.0556. The number of carbonyl (C=O) groups is 1. The molecule has 130 valence electrons. The zero-order valence-electron chi connectivity index (χ0n) is 13.6. The van der Waals surface area contributed by atoms with Crippen molar-refractivity contribution >= 4 is 44.2 Å². The van der Waals surface area contributed by atoms with Gasteiger partial charge in [-0.2, -0.15) is 5.10 Å². The first kappa shape index (κ1) is 16.6. The Balaban J connectivity index is 1.64. The van der Waals surface area contributed by atoms with Crippen molar-refractivity contribution in [2.24, 2.45) is 0 Å². The van der Waals surface area contributed by atoms with Gasteiger partial charge in [-0.25, -0.2) is 4.98 Å². The van der Waals surface area contributed by atoms with E-state index in [4.69, 9.17) is 16.3 Å². The maximum absolute atomic E-state index is 12.7. The Morgan fingerprint density at radius 1 is 1.23 bits per heavy atom. The minimum atomic E-state index is -0.290. The van der Waals surface area contributed by atoms with Gasteiger partial charge in [0.15, 0.2) is 5.13 Å². The van der Waals surface area contributed by atoms with Crippen LogP contribution in [0.25, 0.3) is 21.5 Å². The van der Waals surface area contributed by atoms with Crippen molar-refractivity contribution < 1.29 is 9.53 Å². The van der Waals surface area contributed by atoms with Crippen LogP contribution in [-0.2, 0) is 0 Å². The molecule has 0 saturated heterocycles. The molecular formula is C18H13ClN4O2S. The van der Waals surface area contributed by atoms with Gasteiger partial charge in [-0.05, 0) is 24.3 Å². The van der Waals surface area contributed by atoms with Crippen LogP contribution in [0.2, 0.25) is 5.02 Å². The van der Waals surface area contributed by atoms with E-state index in [1.165, 1.54) is 17.5 Å². The summed E-state index contributed by atoms with van der Waals surface area (Å²) in [6, 6.07) is 12.8. The minimum Gasteiger partial charge on any atom is -0.494 e. The second-order valence-corrected chi connectivity index (χ2v) is 6.91. The van der Waals surface area contributed by atoms with E-state index in [0.717, 1.165) is 15.8 Å². The zero-order chi connectivity index (χ0) is 18.1. The van der Waals surface area contributed by atoms with Gasteiger partial charge in [-0.15, -0.1) is 0 Å². The number of ether oxygens (including phenoxy) is 1. The summed E-state index contributed by atoms with van der Waals surface area (Å²) < 4.78 is 6.25. The highest BCUT2D eigenvalue weighted by Crippen LogP contribution is 2.32. The minimum absolute atomic E-state index is 0.290. The van der Waals surface area contributed by atoms with Gasteiger partial charge in [0.2, 0.25) is 0 Å². The molecule has 2 heterocycles.